The quantitative estimate of drug-likeness (QED) is 0.899. The Morgan fingerprint density at radius 3 is 3.04 bits per heavy atom. The van der Waals surface area contributed by atoms with Gasteiger partial charge in [-0.25, -0.2) is 4.98 Å². The number of aromatic nitrogens is 3. The fourth-order valence-corrected chi connectivity index (χ4v) is 3.70. The van der Waals surface area contributed by atoms with Crippen LogP contribution in [0.2, 0.25) is 0 Å². The molecule has 2 aromatic rings. The zero-order valence-electron chi connectivity index (χ0n) is 13.1. The lowest BCUT2D eigenvalue weighted by Gasteiger charge is -2.14. The molecule has 1 N–H and O–H groups in total. The van der Waals surface area contributed by atoms with Crippen molar-refractivity contribution in [2.24, 2.45) is 5.92 Å². The lowest BCUT2D eigenvalue weighted by Crippen LogP contribution is -2.29. The first-order valence-corrected chi connectivity index (χ1v) is 8.72. The molecular weight excluding hydrogens is 312 g/mol. The number of aliphatic hydroxyl groups excluding tert-OH is 1. The number of amides is 1. The summed E-state index contributed by atoms with van der Waals surface area (Å²) in [6.45, 7) is 2.97. The molecule has 0 aliphatic carbocycles. The van der Waals surface area contributed by atoms with Crippen molar-refractivity contribution in [2.45, 2.75) is 32.3 Å². The number of aryl methyl sites for hydroxylation is 1. The summed E-state index contributed by atoms with van der Waals surface area (Å²) in [4.78, 5) is 26.9. The number of β-amino-alcohol motifs (C(OH)–C–C–N with tert-alkyl or cyclic N) is 1. The van der Waals surface area contributed by atoms with Crippen molar-refractivity contribution >= 4 is 17.2 Å². The molecule has 7 heteroatoms. The first-order chi connectivity index (χ1) is 11.2. The molecule has 0 spiro atoms. The smallest absolute Gasteiger partial charge is 0.273 e. The lowest BCUT2D eigenvalue weighted by atomic mass is 10.0. The van der Waals surface area contributed by atoms with Crippen LogP contribution in [0.3, 0.4) is 0 Å². The molecule has 0 unspecified atom stereocenters. The van der Waals surface area contributed by atoms with Gasteiger partial charge in [0.15, 0.2) is 0 Å². The largest absolute Gasteiger partial charge is 0.391 e. The van der Waals surface area contributed by atoms with Crippen LogP contribution in [0.5, 0.6) is 0 Å². The van der Waals surface area contributed by atoms with Crippen LogP contribution in [0.15, 0.2) is 24.0 Å². The van der Waals surface area contributed by atoms with Gasteiger partial charge in [0.05, 0.1) is 16.8 Å². The summed E-state index contributed by atoms with van der Waals surface area (Å²) in [7, 11) is 0. The third-order valence-corrected chi connectivity index (χ3v) is 4.93. The highest BCUT2D eigenvalue weighted by Gasteiger charge is 2.35. The molecule has 2 aromatic heterocycles. The molecule has 122 valence electrons. The van der Waals surface area contributed by atoms with Gasteiger partial charge in [-0.2, -0.15) is 0 Å². The molecule has 3 heterocycles. The Kier molecular flexibility index (Phi) is 4.97. The molecule has 0 aromatic carbocycles. The molecule has 1 amide bonds. The molecule has 3 rings (SSSR count). The van der Waals surface area contributed by atoms with Crippen molar-refractivity contribution in [3.63, 3.8) is 0 Å². The van der Waals surface area contributed by atoms with E-state index in [0.717, 1.165) is 23.5 Å². The molecule has 1 aliphatic rings. The maximum Gasteiger partial charge on any atom is 0.273 e. The van der Waals surface area contributed by atoms with E-state index < -0.39 is 6.10 Å². The Hall–Kier alpha value is -1.86. The Labute approximate surface area is 139 Å². The van der Waals surface area contributed by atoms with Crippen molar-refractivity contribution in [1.29, 1.82) is 0 Å². The molecule has 1 aliphatic heterocycles. The van der Waals surface area contributed by atoms with Gasteiger partial charge in [0.1, 0.15) is 5.69 Å². The Morgan fingerprint density at radius 1 is 1.43 bits per heavy atom. The van der Waals surface area contributed by atoms with Crippen LogP contribution < -0.4 is 0 Å². The number of hydrogen-bond donors (Lipinski definition) is 1. The summed E-state index contributed by atoms with van der Waals surface area (Å²) in [6.07, 6.45) is 6.98. The van der Waals surface area contributed by atoms with E-state index in [1.165, 1.54) is 11.3 Å². The fourth-order valence-electron chi connectivity index (χ4n) is 2.82. The van der Waals surface area contributed by atoms with Crippen LogP contribution in [0, 0.1) is 5.92 Å². The number of nitrogens with zero attached hydrogens (tertiary/aromatic N) is 4. The average molecular weight is 332 g/mol. The minimum Gasteiger partial charge on any atom is -0.391 e. The first kappa shape index (κ1) is 16.0. The minimum absolute atomic E-state index is 0.00982. The second kappa shape index (κ2) is 7.14. The molecule has 1 saturated heterocycles. The van der Waals surface area contributed by atoms with Crippen molar-refractivity contribution in [3.05, 3.63) is 40.4 Å². The van der Waals surface area contributed by atoms with E-state index in [0.29, 0.717) is 25.2 Å². The summed E-state index contributed by atoms with van der Waals surface area (Å²) in [5, 5.41) is 13.1. The summed E-state index contributed by atoms with van der Waals surface area (Å²) in [6, 6.07) is 0. The first-order valence-electron chi connectivity index (χ1n) is 7.84. The molecule has 1 fully saturated rings. The fraction of sp³-hybridized carbons (Fsp3) is 0.500. The third-order valence-electron chi connectivity index (χ3n) is 4.02. The van der Waals surface area contributed by atoms with E-state index in [-0.39, 0.29) is 11.8 Å². The Balaban J connectivity index is 1.64. The molecule has 6 nitrogen and oxygen atoms in total. The van der Waals surface area contributed by atoms with E-state index in [2.05, 4.69) is 21.9 Å². The average Bonchev–Trinajstić information content (AvgIpc) is 3.16. The number of carbonyl (C=O) groups is 1. The van der Waals surface area contributed by atoms with Crippen LogP contribution in [-0.4, -0.2) is 50.1 Å². The number of likely N-dealkylation sites (tertiary alicyclic amines) is 1. The second-order valence-electron chi connectivity index (χ2n) is 5.81. The standard InChI is InChI=1S/C16H20N4O2S/c1-2-3-15-19-13(10-23-15)16(22)20-8-11(14(21)9-20)6-12-7-17-4-5-18-12/h4-5,7,10-11,14,21H,2-3,6,8-9H2,1H3/t11-,14-/m1/s1. The number of aliphatic hydroxyl groups is 1. The number of thiazole rings is 1. The van der Waals surface area contributed by atoms with E-state index >= 15 is 0 Å². The molecule has 0 saturated carbocycles. The van der Waals surface area contributed by atoms with E-state index in [1.54, 1.807) is 23.5 Å². The van der Waals surface area contributed by atoms with Gasteiger partial charge in [-0.3, -0.25) is 14.8 Å². The highest BCUT2D eigenvalue weighted by Crippen LogP contribution is 2.23. The summed E-state index contributed by atoms with van der Waals surface area (Å²) in [5.74, 6) is -0.103. The normalized spacial score (nSPS) is 20.9. The van der Waals surface area contributed by atoms with Gasteiger partial charge in [-0.15, -0.1) is 11.3 Å². The lowest BCUT2D eigenvalue weighted by molar-refractivity contribution is 0.0759. The second-order valence-corrected chi connectivity index (χ2v) is 6.76. The van der Waals surface area contributed by atoms with Crippen molar-refractivity contribution in [3.8, 4) is 0 Å². The predicted molar refractivity (Wildman–Crippen MR) is 87.2 cm³/mol. The zero-order valence-corrected chi connectivity index (χ0v) is 13.9. The van der Waals surface area contributed by atoms with Gasteiger partial charge < -0.3 is 10.0 Å². The summed E-state index contributed by atoms with van der Waals surface area (Å²) >= 11 is 1.53. The summed E-state index contributed by atoms with van der Waals surface area (Å²) in [5.41, 5.74) is 1.33. The van der Waals surface area contributed by atoms with Crippen molar-refractivity contribution < 1.29 is 9.90 Å². The van der Waals surface area contributed by atoms with E-state index in [4.69, 9.17) is 0 Å². The summed E-state index contributed by atoms with van der Waals surface area (Å²) < 4.78 is 0. The minimum atomic E-state index is -0.533. The number of carbonyl (C=O) groups excluding carboxylic acids is 1. The van der Waals surface area contributed by atoms with Crippen LogP contribution in [0.25, 0.3) is 0 Å². The Bertz CT molecular complexity index is 661. The van der Waals surface area contributed by atoms with Crippen LogP contribution in [-0.2, 0) is 12.8 Å². The van der Waals surface area contributed by atoms with Gasteiger partial charge in [-0.05, 0) is 19.3 Å². The van der Waals surface area contributed by atoms with Crippen LogP contribution >= 0.6 is 11.3 Å². The maximum atomic E-state index is 12.5. The van der Waals surface area contributed by atoms with Gasteiger partial charge in [0.25, 0.3) is 5.91 Å². The number of hydrogen-bond acceptors (Lipinski definition) is 6. The van der Waals surface area contributed by atoms with E-state index in [1.807, 2.05) is 5.38 Å². The maximum absolute atomic E-state index is 12.5. The van der Waals surface area contributed by atoms with Gasteiger partial charge >= 0.3 is 0 Å². The third kappa shape index (κ3) is 3.73. The molecule has 23 heavy (non-hydrogen) atoms. The highest BCUT2D eigenvalue weighted by molar-refractivity contribution is 7.09. The topological polar surface area (TPSA) is 79.2 Å². The molecule has 0 radical (unpaired) electrons. The monoisotopic (exact) mass is 332 g/mol. The number of rotatable bonds is 5. The van der Waals surface area contributed by atoms with E-state index in [9.17, 15) is 9.90 Å². The van der Waals surface area contributed by atoms with Gasteiger partial charge in [0.2, 0.25) is 0 Å². The van der Waals surface area contributed by atoms with Crippen LogP contribution in [0.1, 0.15) is 34.5 Å². The zero-order chi connectivity index (χ0) is 16.2. The van der Waals surface area contributed by atoms with Crippen LogP contribution in [0.4, 0.5) is 0 Å². The van der Waals surface area contributed by atoms with Crippen molar-refractivity contribution in [2.75, 3.05) is 13.1 Å². The Morgan fingerprint density at radius 2 is 2.30 bits per heavy atom. The SMILES string of the molecule is CCCc1nc(C(=O)N2C[C@@H](Cc3cnccn3)[C@H](O)C2)cs1. The predicted octanol–water partition coefficient (Wildman–Crippen LogP) is 1.56. The van der Waals surface area contributed by atoms with Gasteiger partial charge in [0, 0.05) is 43.0 Å². The van der Waals surface area contributed by atoms with Gasteiger partial charge in [-0.1, -0.05) is 6.92 Å². The molecule has 2 atom stereocenters. The highest BCUT2D eigenvalue weighted by atomic mass is 32.1. The molecule has 0 bridgehead atoms. The molecular formula is C16H20N4O2S. The van der Waals surface area contributed by atoms with Crippen molar-refractivity contribution in [1.82, 2.24) is 19.9 Å².